The smallest absolute Gasteiger partial charge is 0.264 e. The summed E-state index contributed by atoms with van der Waals surface area (Å²) in [6.07, 6.45) is 12.0. The fraction of sp³-hybridized carbons (Fsp3) is 0.462. The Bertz CT molecular complexity index is 2050. The van der Waals surface area contributed by atoms with E-state index < -0.39 is 20.2 Å². The van der Waals surface area contributed by atoms with E-state index >= 15 is 0 Å². The molecule has 0 spiro atoms. The zero-order chi connectivity index (χ0) is 36.6. The van der Waals surface area contributed by atoms with Crippen LogP contribution in [0.5, 0.6) is 0 Å². The molecule has 2 aromatic rings. The van der Waals surface area contributed by atoms with Crippen LogP contribution in [0.2, 0.25) is 0 Å². The van der Waals surface area contributed by atoms with Crippen molar-refractivity contribution < 1.29 is 30.5 Å². The Labute approximate surface area is 303 Å². The molecule has 0 atom stereocenters. The van der Waals surface area contributed by atoms with Crippen molar-refractivity contribution in [3.8, 4) is 0 Å². The normalized spacial score (nSPS) is 20.2. The highest BCUT2D eigenvalue weighted by Gasteiger charge is 2.44. The van der Waals surface area contributed by atoms with Crippen LogP contribution in [-0.4, -0.2) is 60.8 Å². The number of rotatable bonds is 13. The van der Waals surface area contributed by atoms with E-state index in [1.807, 2.05) is 0 Å². The van der Waals surface area contributed by atoms with Crippen LogP contribution in [0.15, 0.2) is 82.6 Å². The highest BCUT2D eigenvalue weighted by molar-refractivity contribution is 7.85. The first-order valence-electron chi connectivity index (χ1n) is 17.3. The molecule has 11 heteroatoms. The maximum atomic E-state index is 11.3. The van der Waals surface area contributed by atoms with E-state index in [-0.39, 0.29) is 22.3 Å². The zero-order valence-electron chi connectivity index (χ0n) is 29.9. The number of hydrogen-bond donors (Lipinski definition) is 1. The first-order valence-corrected chi connectivity index (χ1v) is 20.9. The highest BCUT2D eigenvalue weighted by Crippen LogP contribution is 2.48. The number of unbranched alkanes of at least 4 members (excludes halogenated alkanes) is 2. The van der Waals surface area contributed by atoms with Crippen molar-refractivity contribution in [1.29, 1.82) is 0 Å². The van der Waals surface area contributed by atoms with E-state index in [2.05, 4.69) is 112 Å². The van der Waals surface area contributed by atoms with E-state index in [1.54, 1.807) is 0 Å². The van der Waals surface area contributed by atoms with Gasteiger partial charge < -0.3 is 9.45 Å². The van der Waals surface area contributed by atoms with Gasteiger partial charge in [-0.1, -0.05) is 66.9 Å². The molecule has 2 heterocycles. The Kier molecular flexibility index (Phi) is 11.1. The van der Waals surface area contributed by atoms with Crippen molar-refractivity contribution in [1.82, 2.24) is 0 Å². The van der Waals surface area contributed by atoms with Crippen LogP contribution >= 0.6 is 11.6 Å². The molecule has 0 aromatic heterocycles. The monoisotopic (exact) mass is 740 g/mol. The lowest BCUT2D eigenvalue weighted by Crippen LogP contribution is -2.28. The SMILES string of the molecule is Cc1ccc2c(c1)C(C)(C)C(/C=C/C1=C(Cl)C(=C/C=C3/N(CCCCS(=O)(=O)[O-])c4ccc(C)cc4C3(C)C)/CC1)=[N+]2CCCCS(=O)(=O)O. The van der Waals surface area contributed by atoms with Gasteiger partial charge in [0.2, 0.25) is 5.69 Å². The number of fused-ring (bicyclic) bond motifs is 2. The molecule has 270 valence electrons. The lowest BCUT2D eigenvalue weighted by Gasteiger charge is -2.27. The maximum absolute atomic E-state index is 11.3. The second kappa shape index (κ2) is 14.5. The molecule has 0 unspecified atom stereocenters. The minimum atomic E-state index is -4.25. The molecule has 0 fully saturated rings. The van der Waals surface area contributed by atoms with Crippen LogP contribution in [0, 0.1) is 13.8 Å². The standard InChI is InChI=1S/C39H49ClN2O6S2/c1-27-11-17-33-31(25-27)38(3,4)35(41(33)21-7-9-23-49(43,44)45)19-15-29-13-14-30(37(29)40)16-20-36-39(5,6)32-26-28(2)12-18-34(32)42(36)22-8-10-24-50(46,47)48/h11-12,15-20,25-26H,7-10,13-14,21-24H2,1-6H3,(H-,43,44,45,46,47,48). The second-order valence-electron chi connectivity index (χ2n) is 14.9. The third-order valence-electron chi connectivity index (χ3n) is 10.3. The summed E-state index contributed by atoms with van der Waals surface area (Å²) in [5, 5.41) is 0.735. The molecule has 0 radical (unpaired) electrons. The lowest BCUT2D eigenvalue weighted by atomic mass is 9.81. The van der Waals surface area contributed by atoms with Gasteiger partial charge >= 0.3 is 0 Å². The van der Waals surface area contributed by atoms with Crippen molar-refractivity contribution in [2.24, 2.45) is 0 Å². The molecule has 0 saturated carbocycles. The summed E-state index contributed by atoms with van der Waals surface area (Å²) in [7, 11) is -8.26. The van der Waals surface area contributed by atoms with Crippen LogP contribution in [-0.2, 0) is 31.1 Å². The van der Waals surface area contributed by atoms with Crippen molar-refractivity contribution in [2.75, 3.05) is 29.5 Å². The van der Waals surface area contributed by atoms with Gasteiger partial charge in [0.15, 0.2) is 5.71 Å². The van der Waals surface area contributed by atoms with Gasteiger partial charge in [0.05, 0.1) is 21.3 Å². The van der Waals surface area contributed by atoms with Gasteiger partial charge in [-0.05, 0) is 94.7 Å². The molecule has 50 heavy (non-hydrogen) atoms. The predicted molar refractivity (Wildman–Crippen MR) is 202 cm³/mol. The lowest BCUT2D eigenvalue weighted by molar-refractivity contribution is -0.438. The number of hydrogen-bond acceptors (Lipinski definition) is 6. The molecule has 2 aromatic carbocycles. The van der Waals surface area contributed by atoms with Crippen LogP contribution in [0.3, 0.4) is 0 Å². The van der Waals surface area contributed by atoms with Gasteiger partial charge in [-0.25, -0.2) is 8.42 Å². The average Bonchev–Trinajstić information content (AvgIpc) is 3.54. The molecular weight excluding hydrogens is 692 g/mol. The molecule has 3 aliphatic rings. The van der Waals surface area contributed by atoms with Gasteiger partial charge in [-0.15, -0.1) is 0 Å². The van der Waals surface area contributed by atoms with Gasteiger partial charge in [-0.2, -0.15) is 13.0 Å². The molecule has 5 rings (SSSR count). The predicted octanol–water partition coefficient (Wildman–Crippen LogP) is 8.12. The summed E-state index contributed by atoms with van der Waals surface area (Å²) in [5.41, 5.74) is 10.7. The topological polar surface area (TPSA) is 118 Å². The summed E-state index contributed by atoms with van der Waals surface area (Å²) in [4.78, 5) is 2.25. The highest BCUT2D eigenvalue weighted by atomic mass is 35.5. The van der Waals surface area contributed by atoms with E-state index in [1.165, 1.54) is 22.3 Å². The first-order chi connectivity index (χ1) is 23.3. The zero-order valence-corrected chi connectivity index (χ0v) is 32.3. The Balaban J connectivity index is 1.43. The van der Waals surface area contributed by atoms with E-state index in [9.17, 15) is 25.9 Å². The van der Waals surface area contributed by atoms with Crippen LogP contribution < -0.4 is 4.90 Å². The second-order valence-corrected chi connectivity index (χ2v) is 18.3. The number of nitrogens with zero attached hydrogens (tertiary/aromatic N) is 2. The Morgan fingerprint density at radius 1 is 0.860 bits per heavy atom. The van der Waals surface area contributed by atoms with Gasteiger partial charge in [0.1, 0.15) is 6.54 Å². The van der Waals surface area contributed by atoms with E-state index in [0.29, 0.717) is 38.8 Å². The fourth-order valence-corrected chi connectivity index (χ4v) is 8.97. The van der Waals surface area contributed by atoms with Crippen molar-refractivity contribution in [3.05, 3.63) is 105 Å². The third-order valence-corrected chi connectivity index (χ3v) is 12.3. The molecule has 0 bridgehead atoms. The first kappa shape index (κ1) is 38.2. The van der Waals surface area contributed by atoms with Crippen molar-refractivity contribution in [3.63, 3.8) is 0 Å². The number of halogens is 1. The largest absolute Gasteiger partial charge is 0.748 e. The number of aryl methyl sites for hydroxylation is 2. The summed E-state index contributed by atoms with van der Waals surface area (Å²) in [6, 6.07) is 12.9. The van der Waals surface area contributed by atoms with Crippen molar-refractivity contribution in [2.45, 2.75) is 90.9 Å². The number of benzene rings is 2. The summed E-state index contributed by atoms with van der Waals surface area (Å²) < 4.78 is 67.8. The maximum Gasteiger partial charge on any atom is 0.264 e. The number of allylic oxidation sites excluding steroid dienone is 8. The Hall–Kier alpha value is -3.02. The molecule has 0 saturated heterocycles. The van der Waals surface area contributed by atoms with Crippen LogP contribution in [0.25, 0.3) is 0 Å². The molecule has 8 nitrogen and oxygen atoms in total. The minimum Gasteiger partial charge on any atom is -0.748 e. The van der Waals surface area contributed by atoms with Gasteiger partial charge in [-0.3, -0.25) is 4.55 Å². The molecule has 1 N–H and O–H groups in total. The average molecular weight is 741 g/mol. The van der Waals surface area contributed by atoms with E-state index in [4.69, 9.17) is 11.6 Å². The van der Waals surface area contributed by atoms with Gasteiger partial charge in [0.25, 0.3) is 10.1 Å². The van der Waals surface area contributed by atoms with Crippen molar-refractivity contribution >= 4 is 48.9 Å². The Morgan fingerprint density at radius 2 is 1.52 bits per heavy atom. The molecule has 2 aliphatic heterocycles. The Morgan fingerprint density at radius 3 is 2.20 bits per heavy atom. The molecule has 0 amide bonds. The van der Waals surface area contributed by atoms with Crippen LogP contribution in [0.1, 0.15) is 88.5 Å². The third kappa shape index (κ3) is 8.37. The summed E-state index contributed by atoms with van der Waals surface area (Å²) in [5.74, 6) is -0.616. The fourth-order valence-electron chi connectivity index (χ4n) is 7.53. The van der Waals surface area contributed by atoms with Gasteiger partial charge in [0, 0.05) is 58.3 Å². The van der Waals surface area contributed by atoms with Crippen LogP contribution in [0.4, 0.5) is 11.4 Å². The summed E-state index contributed by atoms with van der Waals surface area (Å²) in [6.45, 7) is 14.2. The molecule has 1 aliphatic carbocycles. The number of anilines is 1. The molecular formula is C39H49ClN2O6S2. The minimum absolute atomic E-state index is 0.254. The summed E-state index contributed by atoms with van der Waals surface area (Å²) >= 11 is 7.07. The quantitative estimate of drug-likeness (QED) is 0.125. The van der Waals surface area contributed by atoms with E-state index in [0.717, 1.165) is 51.8 Å².